The summed E-state index contributed by atoms with van der Waals surface area (Å²) in [6.45, 7) is 0. The van der Waals surface area contributed by atoms with Gasteiger partial charge in [0.25, 0.3) is 0 Å². The number of methoxy groups -OCH3 is 1. The molecule has 0 atom stereocenters. The van der Waals surface area contributed by atoms with Gasteiger partial charge in [0.2, 0.25) is 11.8 Å². The van der Waals surface area contributed by atoms with Gasteiger partial charge in [-0.25, -0.2) is 19.7 Å². The molecule has 11 nitrogen and oxygen atoms in total. The number of phenols is 2. The van der Waals surface area contributed by atoms with E-state index in [2.05, 4.69) is 15.0 Å². The van der Waals surface area contributed by atoms with Crippen molar-refractivity contribution in [1.82, 2.24) is 15.0 Å². The number of nitrogens with two attached hydrogens (primary N) is 2. The highest BCUT2D eigenvalue weighted by Gasteiger charge is 2.23. The van der Waals surface area contributed by atoms with Crippen molar-refractivity contribution in [1.29, 1.82) is 0 Å². The monoisotopic (exact) mass is 485 g/mol. The minimum Gasteiger partial charge on any atom is -0.507 e. The van der Waals surface area contributed by atoms with E-state index in [1.807, 2.05) is 0 Å². The van der Waals surface area contributed by atoms with Crippen molar-refractivity contribution in [3.63, 3.8) is 0 Å². The van der Waals surface area contributed by atoms with Crippen LogP contribution in [0.4, 0.5) is 0 Å². The average molecular weight is 485 g/mol. The number of benzene rings is 3. The fourth-order valence-electron chi connectivity index (χ4n) is 3.47. The number of hydrogen-bond donors (Lipinski definition) is 4. The highest BCUT2D eigenvalue weighted by atomic mass is 16.5. The van der Waals surface area contributed by atoms with E-state index in [0.29, 0.717) is 11.1 Å². The molecule has 0 saturated carbocycles. The van der Waals surface area contributed by atoms with E-state index in [9.17, 15) is 24.6 Å². The molecule has 0 spiro atoms. The van der Waals surface area contributed by atoms with Gasteiger partial charge in [-0.3, -0.25) is 9.59 Å². The van der Waals surface area contributed by atoms with Crippen LogP contribution in [-0.4, -0.2) is 50.1 Å². The first-order chi connectivity index (χ1) is 17.2. The molecule has 0 radical (unpaired) electrons. The zero-order valence-electron chi connectivity index (χ0n) is 18.8. The normalized spacial score (nSPS) is 10.6. The van der Waals surface area contributed by atoms with E-state index >= 15 is 0 Å². The number of esters is 1. The fraction of sp³-hybridized carbons (Fsp3) is 0.0400. The van der Waals surface area contributed by atoms with Gasteiger partial charge in [-0.05, 0) is 36.4 Å². The van der Waals surface area contributed by atoms with Crippen LogP contribution in [0.5, 0.6) is 11.5 Å². The second-order valence-corrected chi connectivity index (χ2v) is 7.54. The molecule has 4 aromatic rings. The number of nitrogens with zero attached hydrogens (tertiary/aromatic N) is 3. The number of para-hydroxylation sites is 1. The molecule has 0 fully saturated rings. The second-order valence-electron chi connectivity index (χ2n) is 7.54. The molecule has 180 valence electrons. The molecule has 0 saturated heterocycles. The van der Waals surface area contributed by atoms with E-state index in [1.54, 1.807) is 30.3 Å². The molecule has 6 N–H and O–H groups in total. The number of primary amides is 2. The van der Waals surface area contributed by atoms with Crippen LogP contribution in [0.3, 0.4) is 0 Å². The number of rotatable bonds is 6. The van der Waals surface area contributed by atoms with Gasteiger partial charge in [0.1, 0.15) is 11.5 Å². The summed E-state index contributed by atoms with van der Waals surface area (Å²) < 4.78 is 4.71. The maximum atomic E-state index is 12.2. The standard InChI is InChI=1S/C25H19N5O6/c1-36-25(35)13-8-6-12(7-9-13)22-28-23(15-4-2-3-5-17(15)31)30-24(29-22)19-16(21(27)34)10-14(20(26)33)11-18(19)32/h2-11,31-32H,1H3,(H2,26,33)(H2,27,34). The number of phenolic OH excluding ortho intramolecular Hbond substituents is 2. The van der Waals surface area contributed by atoms with Gasteiger partial charge in [-0.15, -0.1) is 0 Å². The molecule has 1 aromatic heterocycles. The number of amides is 2. The number of aromatic nitrogens is 3. The van der Waals surface area contributed by atoms with Gasteiger partial charge in [0.15, 0.2) is 17.5 Å². The summed E-state index contributed by atoms with van der Waals surface area (Å²) in [5.41, 5.74) is 11.3. The smallest absolute Gasteiger partial charge is 0.337 e. The first-order valence-corrected chi connectivity index (χ1v) is 10.4. The van der Waals surface area contributed by atoms with Crippen molar-refractivity contribution in [2.24, 2.45) is 11.5 Å². The summed E-state index contributed by atoms with van der Waals surface area (Å²) in [5, 5.41) is 21.1. The summed E-state index contributed by atoms with van der Waals surface area (Å²) in [4.78, 5) is 48.9. The van der Waals surface area contributed by atoms with E-state index in [4.69, 9.17) is 16.2 Å². The average Bonchev–Trinajstić information content (AvgIpc) is 2.87. The van der Waals surface area contributed by atoms with Gasteiger partial charge < -0.3 is 26.4 Å². The van der Waals surface area contributed by atoms with Crippen LogP contribution in [0.1, 0.15) is 31.1 Å². The minimum atomic E-state index is -0.961. The Hall–Kier alpha value is -5.32. The summed E-state index contributed by atoms with van der Waals surface area (Å²) in [6, 6.07) is 14.7. The van der Waals surface area contributed by atoms with Crippen molar-refractivity contribution in [3.8, 4) is 45.7 Å². The number of carbonyl (C=O) groups is 3. The van der Waals surface area contributed by atoms with Crippen LogP contribution < -0.4 is 11.5 Å². The molecule has 11 heteroatoms. The van der Waals surface area contributed by atoms with Crippen LogP contribution in [-0.2, 0) is 4.74 Å². The van der Waals surface area contributed by atoms with Crippen LogP contribution in [0.2, 0.25) is 0 Å². The summed E-state index contributed by atoms with van der Waals surface area (Å²) in [6.07, 6.45) is 0. The molecule has 1 heterocycles. The number of hydrogen-bond acceptors (Lipinski definition) is 9. The predicted molar refractivity (Wildman–Crippen MR) is 128 cm³/mol. The van der Waals surface area contributed by atoms with Crippen molar-refractivity contribution in [2.75, 3.05) is 7.11 Å². The highest BCUT2D eigenvalue weighted by molar-refractivity contribution is 6.04. The van der Waals surface area contributed by atoms with Crippen LogP contribution in [0.15, 0.2) is 60.7 Å². The van der Waals surface area contributed by atoms with Gasteiger partial charge >= 0.3 is 5.97 Å². The summed E-state index contributed by atoms with van der Waals surface area (Å²) >= 11 is 0. The SMILES string of the molecule is COC(=O)c1ccc(-c2nc(-c3ccccc3O)nc(-c3c(O)cc(C(N)=O)cc3C(N)=O)n2)cc1. The molecule has 2 amide bonds. The van der Waals surface area contributed by atoms with Crippen molar-refractivity contribution < 1.29 is 29.3 Å². The maximum Gasteiger partial charge on any atom is 0.337 e. The molecule has 0 unspecified atom stereocenters. The molecule has 36 heavy (non-hydrogen) atoms. The van der Waals surface area contributed by atoms with E-state index in [1.165, 1.54) is 25.3 Å². The Balaban J connectivity index is 1.99. The summed E-state index contributed by atoms with van der Waals surface area (Å²) in [7, 11) is 1.26. The third-order valence-electron chi connectivity index (χ3n) is 5.24. The first kappa shape index (κ1) is 23.8. The Morgan fingerprint density at radius 1 is 0.750 bits per heavy atom. The second kappa shape index (κ2) is 9.50. The summed E-state index contributed by atoms with van der Waals surface area (Å²) in [5.74, 6) is -3.03. The van der Waals surface area contributed by atoms with Crippen LogP contribution in [0.25, 0.3) is 34.2 Å². The Morgan fingerprint density at radius 3 is 2.00 bits per heavy atom. The largest absolute Gasteiger partial charge is 0.507 e. The topological polar surface area (TPSA) is 192 Å². The number of aromatic hydroxyl groups is 2. The lowest BCUT2D eigenvalue weighted by Crippen LogP contribution is -2.17. The molecule has 0 aliphatic carbocycles. The Labute approximate surface area is 204 Å². The third kappa shape index (κ3) is 4.53. The van der Waals surface area contributed by atoms with Gasteiger partial charge in [-0.1, -0.05) is 24.3 Å². The fourth-order valence-corrected chi connectivity index (χ4v) is 3.47. The third-order valence-corrected chi connectivity index (χ3v) is 5.24. The lowest BCUT2D eigenvalue weighted by Gasteiger charge is -2.13. The van der Waals surface area contributed by atoms with E-state index in [0.717, 1.165) is 12.1 Å². The Bertz CT molecular complexity index is 1520. The van der Waals surface area contributed by atoms with Crippen LogP contribution >= 0.6 is 0 Å². The van der Waals surface area contributed by atoms with Crippen molar-refractivity contribution in [2.45, 2.75) is 0 Å². The van der Waals surface area contributed by atoms with Crippen LogP contribution in [0, 0.1) is 0 Å². The maximum absolute atomic E-state index is 12.2. The van der Waals surface area contributed by atoms with Crippen molar-refractivity contribution in [3.05, 3.63) is 77.4 Å². The quantitative estimate of drug-likeness (QED) is 0.297. The van der Waals surface area contributed by atoms with Gasteiger partial charge in [0.05, 0.1) is 29.4 Å². The van der Waals surface area contributed by atoms with E-state index < -0.39 is 23.5 Å². The van der Waals surface area contributed by atoms with Gasteiger partial charge in [0, 0.05) is 11.1 Å². The number of carbonyl (C=O) groups excluding carboxylic acids is 3. The predicted octanol–water partition coefficient (Wildman–Crippen LogP) is 2.27. The first-order valence-electron chi connectivity index (χ1n) is 10.4. The Morgan fingerprint density at radius 2 is 1.39 bits per heavy atom. The Kier molecular flexibility index (Phi) is 6.29. The highest BCUT2D eigenvalue weighted by Crippen LogP contribution is 2.35. The van der Waals surface area contributed by atoms with Gasteiger partial charge in [-0.2, -0.15) is 0 Å². The minimum absolute atomic E-state index is 0.0268. The lowest BCUT2D eigenvalue weighted by molar-refractivity contribution is 0.0600. The molecule has 0 aliphatic heterocycles. The molecule has 0 bridgehead atoms. The number of ether oxygens (including phenoxy) is 1. The zero-order valence-corrected chi connectivity index (χ0v) is 18.8. The molecule has 4 rings (SSSR count). The molecular weight excluding hydrogens is 466 g/mol. The van der Waals surface area contributed by atoms with Crippen molar-refractivity contribution >= 4 is 17.8 Å². The lowest BCUT2D eigenvalue weighted by atomic mass is 10.0. The zero-order chi connectivity index (χ0) is 26.0. The molecule has 3 aromatic carbocycles. The molecule has 0 aliphatic rings. The molecular formula is C25H19N5O6. The van der Waals surface area contributed by atoms with E-state index in [-0.39, 0.29) is 45.5 Å².